The van der Waals surface area contributed by atoms with Gasteiger partial charge in [-0.25, -0.2) is 9.82 Å². The molecule has 0 saturated heterocycles. The van der Waals surface area contributed by atoms with Gasteiger partial charge >= 0.3 is 0 Å². The summed E-state index contributed by atoms with van der Waals surface area (Å²) in [6, 6.07) is 6.10. The minimum atomic E-state index is -0.461. The molecule has 1 aromatic heterocycles. The number of nitrogens with two attached hydrogens (primary N) is 1. The highest BCUT2D eigenvalue weighted by Gasteiger charge is 2.20. The van der Waals surface area contributed by atoms with Crippen LogP contribution < -0.4 is 11.3 Å². The van der Waals surface area contributed by atoms with Crippen LogP contribution in [0.5, 0.6) is 0 Å². The number of aryl methyl sites for hydroxylation is 1. The summed E-state index contributed by atoms with van der Waals surface area (Å²) < 4.78 is 15.3. The quantitative estimate of drug-likeness (QED) is 0.661. The summed E-state index contributed by atoms with van der Waals surface area (Å²) in [5, 5.41) is 4.24. The lowest BCUT2D eigenvalue weighted by molar-refractivity contribution is 0.539. The van der Waals surface area contributed by atoms with Crippen molar-refractivity contribution in [2.24, 2.45) is 5.84 Å². The van der Waals surface area contributed by atoms with Gasteiger partial charge in [0.15, 0.2) is 0 Å². The van der Waals surface area contributed by atoms with Crippen molar-refractivity contribution in [1.29, 1.82) is 0 Å². The number of hydrazine groups is 1. The maximum atomic E-state index is 13.5. The van der Waals surface area contributed by atoms with E-state index in [0.29, 0.717) is 12.1 Å². The number of halogens is 2. The summed E-state index contributed by atoms with van der Waals surface area (Å²) in [4.78, 5) is 0. The first-order valence-electron chi connectivity index (χ1n) is 5.60. The smallest absolute Gasteiger partial charge is 0.142 e. The first-order valence-corrected chi connectivity index (χ1v) is 5.98. The predicted molar refractivity (Wildman–Crippen MR) is 68.5 cm³/mol. The Morgan fingerprint density at radius 1 is 1.50 bits per heavy atom. The van der Waals surface area contributed by atoms with Crippen LogP contribution in [-0.4, -0.2) is 9.78 Å². The highest BCUT2D eigenvalue weighted by atomic mass is 35.5. The largest absolute Gasteiger partial charge is 0.271 e. The molecule has 0 amide bonds. The van der Waals surface area contributed by atoms with Crippen molar-refractivity contribution in [2.45, 2.75) is 19.5 Å². The summed E-state index contributed by atoms with van der Waals surface area (Å²) in [7, 11) is 0. The topological polar surface area (TPSA) is 55.9 Å². The lowest BCUT2D eigenvalue weighted by Gasteiger charge is -2.19. The number of aromatic nitrogens is 2. The van der Waals surface area contributed by atoms with Crippen molar-refractivity contribution in [1.82, 2.24) is 15.2 Å². The molecule has 0 aliphatic rings. The van der Waals surface area contributed by atoms with Gasteiger partial charge in [-0.3, -0.25) is 10.5 Å². The highest BCUT2D eigenvalue weighted by Crippen LogP contribution is 2.29. The Morgan fingerprint density at radius 2 is 2.28 bits per heavy atom. The van der Waals surface area contributed by atoms with Gasteiger partial charge in [0.25, 0.3) is 0 Å². The zero-order valence-corrected chi connectivity index (χ0v) is 10.7. The summed E-state index contributed by atoms with van der Waals surface area (Å²) in [5.41, 5.74) is 4.08. The van der Waals surface area contributed by atoms with E-state index >= 15 is 0 Å². The van der Waals surface area contributed by atoms with Crippen molar-refractivity contribution in [3.8, 4) is 0 Å². The summed E-state index contributed by atoms with van der Waals surface area (Å²) in [6.07, 6.45) is 1.68. The second kappa shape index (κ2) is 5.48. The van der Waals surface area contributed by atoms with Crippen LogP contribution in [0.1, 0.15) is 24.2 Å². The SMILES string of the molecule is CCn1nccc1C(NN)c1cccc(F)c1Cl. The van der Waals surface area contributed by atoms with Gasteiger partial charge < -0.3 is 0 Å². The molecule has 0 fully saturated rings. The maximum absolute atomic E-state index is 13.5. The first kappa shape index (κ1) is 13.0. The molecule has 0 aliphatic heterocycles. The van der Waals surface area contributed by atoms with E-state index in [1.807, 2.05) is 13.0 Å². The van der Waals surface area contributed by atoms with Crippen LogP contribution in [0.4, 0.5) is 4.39 Å². The van der Waals surface area contributed by atoms with Crippen molar-refractivity contribution in [3.63, 3.8) is 0 Å². The van der Waals surface area contributed by atoms with E-state index in [9.17, 15) is 4.39 Å². The van der Waals surface area contributed by atoms with Gasteiger partial charge in [0.05, 0.1) is 16.8 Å². The van der Waals surface area contributed by atoms with Gasteiger partial charge in [0.1, 0.15) is 5.82 Å². The Labute approximate surface area is 110 Å². The van der Waals surface area contributed by atoms with Crippen LogP contribution in [0.15, 0.2) is 30.5 Å². The summed E-state index contributed by atoms with van der Waals surface area (Å²) >= 11 is 5.98. The van der Waals surface area contributed by atoms with E-state index in [2.05, 4.69) is 10.5 Å². The number of hydrogen-bond acceptors (Lipinski definition) is 3. The molecule has 96 valence electrons. The Kier molecular flexibility index (Phi) is 3.96. The van der Waals surface area contributed by atoms with Gasteiger partial charge in [-0.1, -0.05) is 23.7 Å². The van der Waals surface area contributed by atoms with E-state index in [4.69, 9.17) is 17.4 Å². The van der Waals surface area contributed by atoms with E-state index in [0.717, 1.165) is 5.69 Å². The third kappa shape index (κ3) is 2.25. The van der Waals surface area contributed by atoms with E-state index < -0.39 is 11.9 Å². The normalized spacial score (nSPS) is 12.7. The number of rotatable bonds is 4. The van der Waals surface area contributed by atoms with Gasteiger partial charge in [-0.05, 0) is 24.6 Å². The molecule has 1 heterocycles. The van der Waals surface area contributed by atoms with Crippen LogP contribution in [0.25, 0.3) is 0 Å². The number of nitrogens with one attached hydrogen (secondary N) is 1. The molecule has 4 nitrogen and oxygen atoms in total. The predicted octanol–water partition coefficient (Wildman–Crippen LogP) is 2.25. The zero-order valence-electron chi connectivity index (χ0n) is 9.90. The average Bonchev–Trinajstić information content (AvgIpc) is 2.83. The highest BCUT2D eigenvalue weighted by molar-refractivity contribution is 6.31. The molecule has 2 aromatic rings. The van der Waals surface area contributed by atoms with Crippen molar-refractivity contribution < 1.29 is 4.39 Å². The van der Waals surface area contributed by atoms with Crippen molar-refractivity contribution in [3.05, 3.63) is 52.6 Å². The van der Waals surface area contributed by atoms with Gasteiger partial charge in [-0.2, -0.15) is 5.10 Å². The Hall–Kier alpha value is -1.43. The zero-order chi connectivity index (χ0) is 13.1. The van der Waals surface area contributed by atoms with Gasteiger partial charge in [-0.15, -0.1) is 0 Å². The number of nitrogens with zero attached hydrogens (tertiary/aromatic N) is 2. The maximum Gasteiger partial charge on any atom is 0.142 e. The lowest BCUT2D eigenvalue weighted by Crippen LogP contribution is -2.31. The number of hydrogen-bond donors (Lipinski definition) is 2. The lowest BCUT2D eigenvalue weighted by atomic mass is 10.0. The van der Waals surface area contributed by atoms with Gasteiger partial charge in [0, 0.05) is 12.7 Å². The average molecular weight is 269 g/mol. The molecular weight excluding hydrogens is 255 g/mol. The molecule has 0 radical (unpaired) electrons. The molecule has 0 spiro atoms. The molecule has 1 unspecified atom stereocenters. The Morgan fingerprint density at radius 3 is 2.94 bits per heavy atom. The van der Waals surface area contributed by atoms with E-state index in [1.54, 1.807) is 23.0 Å². The molecule has 0 saturated carbocycles. The molecule has 1 aromatic carbocycles. The second-order valence-corrected chi connectivity index (χ2v) is 4.19. The Bertz CT molecular complexity index is 541. The Balaban J connectivity index is 2.49. The first-order chi connectivity index (χ1) is 8.69. The summed E-state index contributed by atoms with van der Waals surface area (Å²) in [6.45, 7) is 2.67. The molecule has 0 bridgehead atoms. The summed E-state index contributed by atoms with van der Waals surface area (Å²) in [5.74, 6) is 5.11. The van der Waals surface area contributed by atoms with E-state index in [1.165, 1.54) is 6.07 Å². The molecule has 1 atom stereocenters. The fraction of sp³-hybridized carbons (Fsp3) is 0.250. The molecule has 18 heavy (non-hydrogen) atoms. The third-order valence-corrected chi connectivity index (χ3v) is 3.20. The van der Waals surface area contributed by atoms with Gasteiger partial charge in [0.2, 0.25) is 0 Å². The van der Waals surface area contributed by atoms with Crippen LogP contribution in [0.3, 0.4) is 0 Å². The minimum Gasteiger partial charge on any atom is -0.271 e. The van der Waals surface area contributed by atoms with E-state index in [-0.39, 0.29) is 5.02 Å². The van der Waals surface area contributed by atoms with Crippen molar-refractivity contribution in [2.75, 3.05) is 0 Å². The molecule has 2 rings (SSSR count). The van der Waals surface area contributed by atoms with Crippen LogP contribution in [-0.2, 0) is 6.54 Å². The van der Waals surface area contributed by atoms with Crippen LogP contribution in [0, 0.1) is 5.82 Å². The van der Waals surface area contributed by atoms with Crippen LogP contribution in [0.2, 0.25) is 5.02 Å². The minimum absolute atomic E-state index is 0.0734. The molecular formula is C12H14ClFN4. The fourth-order valence-electron chi connectivity index (χ4n) is 1.93. The molecule has 6 heteroatoms. The van der Waals surface area contributed by atoms with Crippen molar-refractivity contribution >= 4 is 11.6 Å². The number of benzene rings is 1. The standard InChI is InChI=1S/C12H14ClFN4/c1-2-18-10(6-7-16-18)12(17-15)8-4-3-5-9(14)11(8)13/h3-7,12,17H,2,15H2,1H3. The second-order valence-electron chi connectivity index (χ2n) is 3.81. The fourth-order valence-corrected chi connectivity index (χ4v) is 2.17. The molecule has 3 N–H and O–H groups in total. The van der Waals surface area contributed by atoms with Crippen LogP contribution >= 0.6 is 11.6 Å². The molecule has 0 aliphatic carbocycles. The monoisotopic (exact) mass is 268 g/mol. The third-order valence-electron chi connectivity index (χ3n) is 2.80.